The second-order valence-electron chi connectivity index (χ2n) is 6.49. The first-order valence-electron chi connectivity index (χ1n) is 8.85. The molecule has 0 saturated heterocycles. The van der Waals surface area contributed by atoms with E-state index in [2.05, 4.69) is 11.7 Å². The maximum Gasteiger partial charge on any atom is 0.573 e. The molecule has 0 aromatic heterocycles. The third-order valence-electron chi connectivity index (χ3n) is 4.64. The molecule has 3 aromatic rings. The van der Waals surface area contributed by atoms with Crippen LogP contribution in [0.3, 0.4) is 0 Å². The topological polar surface area (TPSA) is 26.3 Å². The molecule has 2 nitrogen and oxygen atoms in total. The van der Waals surface area contributed by atoms with Gasteiger partial charge in [0, 0.05) is 12.3 Å². The van der Waals surface area contributed by atoms with Crippen LogP contribution >= 0.6 is 0 Å². The van der Waals surface area contributed by atoms with Crippen LogP contribution < -0.4 is 4.74 Å². The quantitative estimate of drug-likeness (QED) is 0.477. The summed E-state index contributed by atoms with van der Waals surface area (Å²) in [5.74, 6) is -0.185. The first-order valence-corrected chi connectivity index (χ1v) is 8.85. The number of carbonyl (C=O) groups excluding carboxylic acids is 1. The van der Waals surface area contributed by atoms with Gasteiger partial charge in [-0.2, -0.15) is 0 Å². The maximum absolute atomic E-state index is 12.3. The van der Waals surface area contributed by atoms with E-state index in [-0.39, 0.29) is 11.7 Å². The van der Waals surface area contributed by atoms with Gasteiger partial charge in [-0.3, -0.25) is 0 Å². The largest absolute Gasteiger partial charge is 0.573 e. The first-order chi connectivity index (χ1) is 13.4. The maximum atomic E-state index is 12.3. The van der Waals surface area contributed by atoms with Crippen LogP contribution in [0.5, 0.6) is 5.75 Å². The SMILES string of the molecule is CC(c1ccccc1)c1cc(-c2ccc(OC(F)(F)F)cc2)ccc1CC=O. The number of alkyl halides is 3. The van der Waals surface area contributed by atoms with Crippen molar-refractivity contribution in [1.82, 2.24) is 0 Å². The van der Waals surface area contributed by atoms with Crippen LogP contribution in [-0.2, 0) is 11.2 Å². The van der Waals surface area contributed by atoms with Crippen molar-refractivity contribution in [3.05, 3.63) is 89.5 Å². The third kappa shape index (κ3) is 4.80. The summed E-state index contributed by atoms with van der Waals surface area (Å²) < 4.78 is 40.9. The zero-order valence-electron chi connectivity index (χ0n) is 15.2. The van der Waals surface area contributed by atoms with E-state index in [4.69, 9.17) is 0 Å². The number of aldehydes is 1. The van der Waals surface area contributed by atoms with Gasteiger partial charge in [-0.1, -0.05) is 67.6 Å². The van der Waals surface area contributed by atoms with Gasteiger partial charge >= 0.3 is 6.36 Å². The number of ether oxygens (including phenoxy) is 1. The Labute approximate surface area is 161 Å². The van der Waals surface area contributed by atoms with Crippen molar-refractivity contribution in [1.29, 1.82) is 0 Å². The van der Waals surface area contributed by atoms with Crippen LogP contribution in [0.15, 0.2) is 72.8 Å². The molecule has 0 aliphatic rings. The highest BCUT2D eigenvalue weighted by atomic mass is 19.4. The Morgan fingerprint density at radius 3 is 2.18 bits per heavy atom. The lowest BCUT2D eigenvalue weighted by Gasteiger charge is -2.18. The molecule has 0 N–H and O–H groups in total. The fourth-order valence-corrected chi connectivity index (χ4v) is 3.22. The molecular weight excluding hydrogens is 365 g/mol. The minimum Gasteiger partial charge on any atom is -0.406 e. The standard InChI is InChI=1S/C23H19F3O2/c1-16(17-5-3-2-4-6-17)22-15-20(8-7-19(22)13-14-27)18-9-11-21(12-10-18)28-23(24,25)26/h2-12,14-16H,13H2,1H3. The highest BCUT2D eigenvalue weighted by Crippen LogP contribution is 2.32. The van der Waals surface area contributed by atoms with Crippen molar-refractivity contribution in [2.75, 3.05) is 0 Å². The van der Waals surface area contributed by atoms with Crippen LogP contribution in [0.1, 0.15) is 29.5 Å². The molecule has 0 saturated carbocycles. The predicted octanol–water partition coefficient (Wildman–Crippen LogP) is 6.15. The summed E-state index contributed by atoms with van der Waals surface area (Å²) in [6.45, 7) is 2.07. The number of hydrogen-bond donors (Lipinski definition) is 0. The molecule has 0 radical (unpaired) electrons. The van der Waals surface area contributed by atoms with E-state index >= 15 is 0 Å². The molecule has 0 aliphatic carbocycles. The number of hydrogen-bond acceptors (Lipinski definition) is 2. The molecule has 0 heterocycles. The Morgan fingerprint density at radius 1 is 0.929 bits per heavy atom. The summed E-state index contributed by atoms with van der Waals surface area (Å²) in [4.78, 5) is 11.1. The molecule has 3 rings (SSSR count). The molecule has 3 aromatic carbocycles. The van der Waals surface area contributed by atoms with Gasteiger partial charge in [-0.15, -0.1) is 13.2 Å². The monoisotopic (exact) mass is 384 g/mol. The van der Waals surface area contributed by atoms with Crippen molar-refractivity contribution >= 4 is 6.29 Å². The highest BCUT2D eigenvalue weighted by molar-refractivity contribution is 5.68. The Kier molecular flexibility index (Phi) is 5.83. The molecule has 0 fully saturated rings. The summed E-state index contributed by atoms with van der Waals surface area (Å²) in [7, 11) is 0. The lowest BCUT2D eigenvalue weighted by Crippen LogP contribution is -2.16. The zero-order chi connectivity index (χ0) is 20.1. The summed E-state index contributed by atoms with van der Waals surface area (Å²) in [5, 5.41) is 0. The second-order valence-corrected chi connectivity index (χ2v) is 6.49. The predicted molar refractivity (Wildman–Crippen MR) is 102 cm³/mol. The Bertz CT molecular complexity index is 932. The van der Waals surface area contributed by atoms with Crippen LogP contribution in [0.4, 0.5) is 13.2 Å². The van der Waals surface area contributed by atoms with E-state index in [1.807, 2.05) is 48.5 Å². The van der Waals surface area contributed by atoms with Crippen LogP contribution in [0.2, 0.25) is 0 Å². The summed E-state index contributed by atoms with van der Waals surface area (Å²) >= 11 is 0. The van der Waals surface area contributed by atoms with Crippen molar-refractivity contribution < 1.29 is 22.7 Å². The van der Waals surface area contributed by atoms with E-state index in [1.54, 1.807) is 12.1 Å². The van der Waals surface area contributed by atoms with E-state index in [9.17, 15) is 18.0 Å². The average Bonchev–Trinajstić information content (AvgIpc) is 2.68. The Balaban J connectivity index is 1.95. The molecule has 0 spiro atoms. The fraction of sp³-hybridized carbons (Fsp3) is 0.174. The third-order valence-corrected chi connectivity index (χ3v) is 4.64. The van der Waals surface area contributed by atoms with Crippen molar-refractivity contribution in [2.45, 2.75) is 25.6 Å². The van der Waals surface area contributed by atoms with E-state index in [1.165, 1.54) is 12.1 Å². The molecule has 0 bridgehead atoms. The van der Waals surface area contributed by atoms with Crippen molar-refractivity contribution in [3.8, 4) is 16.9 Å². The van der Waals surface area contributed by atoms with Crippen LogP contribution in [0, 0.1) is 0 Å². The van der Waals surface area contributed by atoms with Gasteiger partial charge in [-0.25, -0.2) is 0 Å². The summed E-state index contributed by atoms with van der Waals surface area (Å²) in [6, 6.07) is 21.5. The minimum atomic E-state index is -4.71. The number of halogens is 3. The van der Waals surface area contributed by atoms with E-state index in [0.717, 1.165) is 34.1 Å². The molecule has 144 valence electrons. The molecule has 0 aliphatic heterocycles. The lowest BCUT2D eigenvalue weighted by atomic mass is 9.86. The van der Waals surface area contributed by atoms with Gasteiger partial charge in [-0.05, 0) is 39.9 Å². The van der Waals surface area contributed by atoms with Crippen LogP contribution in [-0.4, -0.2) is 12.6 Å². The van der Waals surface area contributed by atoms with Crippen molar-refractivity contribution in [3.63, 3.8) is 0 Å². The van der Waals surface area contributed by atoms with Gasteiger partial charge in [0.2, 0.25) is 0 Å². The van der Waals surface area contributed by atoms with Gasteiger partial charge in [0.25, 0.3) is 0 Å². The minimum absolute atomic E-state index is 0.0731. The Morgan fingerprint density at radius 2 is 1.57 bits per heavy atom. The molecule has 0 amide bonds. The van der Waals surface area contributed by atoms with Gasteiger partial charge in [0.15, 0.2) is 0 Å². The Hall–Kier alpha value is -3.08. The molecule has 28 heavy (non-hydrogen) atoms. The number of carbonyl (C=O) groups is 1. The normalized spacial score (nSPS) is 12.4. The molecule has 1 atom stereocenters. The van der Waals surface area contributed by atoms with E-state index in [0.29, 0.717) is 6.42 Å². The van der Waals surface area contributed by atoms with E-state index < -0.39 is 6.36 Å². The van der Waals surface area contributed by atoms with Crippen molar-refractivity contribution in [2.24, 2.45) is 0 Å². The molecule has 5 heteroatoms. The highest BCUT2D eigenvalue weighted by Gasteiger charge is 2.31. The second kappa shape index (κ2) is 8.30. The summed E-state index contributed by atoms with van der Waals surface area (Å²) in [6.07, 6.45) is -3.53. The summed E-state index contributed by atoms with van der Waals surface area (Å²) in [5.41, 5.74) is 4.72. The smallest absolute Gasteiger partial charge is 0.406 e. The van der Waals surface area contributed by atoms with Gasteiger partial charge in [0.05, 0.1) is 0 Å². The van der Waals surface area contributed by atoms with Gasteiger partial charge in [0.1, 0.15) is 12.0 Å². The number of rotatable bonds is 6. The number of benzene rings is 3. The fourth-order valence-electron chi connectivity index (χ4n) is 3.22. The average molecular weight is 384 g/mol. The molecular formula is C23H19F3O2. The first kappa shape index (κ1) is 19.7. The lowest BCUT2D eigenvalue weighted by molar-refractivity contribution is -0.274. The zero-order valence-corrected chi connectivity index (χ0v) is 15.2. The molecule has 1 unspecified atom stereocenters. The van der Waals surface area contributed by atoms with Crippen LogP contribution in [0.25, 0.3) is 11.1 Å². The van der Waals surface area contributed by atoms with Gasteiger partial charge < -0.3 is 9.53 Å².